The third-order valence-electron chi connectivity index (χ3n) is 2.13. The smallest absolute Gasteiger partial charge is 0.189 e. The van der Waals surface area contributed by atoms with Gasteiger partial charge in [0.1, 0.15) is 11.6 Å². The Kier molecular flexibility index (Phi) is 2.55. The van der Waals surface area contributed by atoms with Crippen LogP contribution in [0.3, 0.4) is 0 Å². The average Bonchev–Trinajstić information content (AvgIpc) is 2.16. The molecule has 1 heterocycles. The van der Waals surface area contributed by atoms with Gasteiger partial charge in [-0.25, -0.2) is 4.39 Å². The summed E-state index contributed by atoms with van der Waals surface area (Å²) >= 11 is 0. The van der Waals surface area contributed by atoms with Gasteiger partial charge < -0.3 is 15.2 Å². The van der Waals surface area contributed by atoms with Crippen molar-refractivity contribution in [1.82, 2.24) is 0 Å². The molecule has 0 atom stereocenters. The second-order valence-corrected chi connectivity index (χ2v) is 3.37. The van der Waals surface area contributed by atoms with Crippen LogP contribution in [-0.2, 0) is 17.8 Å². The first kappa shape index (κ1) is 9.92. The highest BCUT2D eigenvalue weighted by Crippen LogP contribution is 2.29. The van der Waals surface area contributed by atoms with E-state index in [9.17, 15) is 4.39 Å². The predicted octanol–water partition coefficient (Wildman–Crippen LogP) is 1.17. The number of benzene rings is 1. The van der Waals surface area contributed by atoms with Gasteiger partial charge in [0.2, 0.25) is 0 Å². The fraction of sp³-hybridized carbons (Fsp3) is 0.300. The zero-order chi connectivity index (χ0) is 10.8. The van der Waals surface area contributed by atoms with Crippen molar-refractivity contribution in [2.24, 2.45) is 5.73 Å². The lowest BCUT2D eigenvalue weighted by molar-refractivity contribution is -0.0171. The van der Waals surface area contributed by atoms with Gasteiger partial charge in [-0.1, -0.05) is 0 Å². The molecule has 0 bridgehead atoms. The van der Waals surface area contributed by atoms with Crippen molar-refractivity contribution < 1.29 is 13.9 Å². The molecular formula is C10H11FN2O2. The Balaban J connectivity index is 2.43. The van der Waals surface area contributed by atoms with Gasteiger partial charge in [0.15, 0.2) is 6.79 Å². The van der Waals surface area contributed by atoms with Crippen molar-refractivity contribution in [1.29, 1.82) is 5.41 Å². The van der Waals surface area contributed by atoms with Crippen molar-refractivity contribution in [2.75, 3.05) is 6.79 Å². The number of nitrogens with two attached hydrogens (primary N) is 1. The van der Waals surface area contributed by atoms with E-state index in [0.717, 1.165) is 0 Å². The molecule has 0 amide bonds. The highest BCUT2D eigenvalue weighted by molar-refractivity contribution is 5.80. The lowest BCUT2D eigenvalue weighted by atomic mass is 10.1. The van der Waals surface area contributed by atoms with Crippen LogP contribution in [0, 0.1) is 11.2 Å². The molecule has 2 rings (SSSR count). The summed E-state index contributed by atoms with van der Waals surface area (Å²) < 4.78 is 23.5. The minimum absolute atomic E-state index is 0.0158. The molecule has 1 aromatic carbocycles. The van der Waals surface area contributed by atoms with Crippen LogP contribution in [0.2, 0.25) is 0 Å². The van der Waals surface area contributed by atoms with Crippen LogP contribution < -0.4 is 10.5 Å². The second kappa shape index (κ2) is 3.86. The molecule has 0 unspecified atom stereocenters. The Hall–Kier alpha value is -1.62. The molecule has 1 aromatic rings. The quantitative estimate of drug-likeness (QED) is 0.568. The number of ether oxygens (including phenoxy) is 2. The van der Waals surface area contributed by atoms with Crippen molar-refractivity contribution in [2.45, 2.75) is 13.0 Å². The molecule has 15 heavy (non-hydrogen) atoms. The van der Waals surface area contributed by atoms with Crippen LogP contribution >= 0.6 is 0 Å². The summed E-state index contributed by atoms with van der Waals surface area (Å²) in [6.45, 7) is 0.488. The SMILES string of the molecule is N=C(N)Cc1cc(F)cc2c1OCOC2. The van der Waals surface area contributed by atoms with Gasteiger partial charge >= 0.3 is 0 Å². The summed E-state index contributed by atoms with van der Waals surface area (Å²) in [5.74, 6) is 0.217. The molecule has 5 heteroatoms. The molecule has 4 nitrogen and oxygen atoms in total. The summed E-state index contributed by atoms with van der Waals surface area (Å²) in [5.41, 5.74) is 6.54. The number of amidine groups is 1. The molecule has 0 radical (unpaired) electrons. The molecule has 1 aliphatic rings. The molecule has 0 aromatic heterocycles. The first-order valence-corrected chi connectivity index (χ1v) is 4.51. The number of hydrogen-bond acceptors (Lipinski definition) is 3. The Labute approximate surface area is 86.3 Å². The lowest BCUT2D eigenvalue weighted by Crippen LogP contribution is -2.18. The maximum Gasteiger partial charge on any atom is 0.189 e. The summed E-state index contributed by atoms with van der Waals surface area (Å²) in [6, 6.07) is 2.71. The minimum Gasteiger partial charge on any atom is -0.467 e. The van der Waals surface area contributed by atoms with Crippen molar-refractivity contribution in [3.05, 3.63) is 29.1 Å². The molecule has 0 saturated carbocycles. The fourth-order valence-electron chi connectivity index (χ4n) is 1.59. The molecule has 80 valence electrons. The number of hydrogen-bond donors (Lipinski definition) is 2. The third-order valence-corrected chi connectivity index (χ3v) is 2.13. The van der Waals surface area contributed by atoms with Gasteiger partial charge in [-0.15, -0.1) is 0 Å². The highest BCUT2D eigenvalue weighted by Gasteiger charge is 2.17. The Morgan fingerprint density at radius 1 is 1.53 bits per heavy atom. The van der Waals surface area contributed by atoms with Crippen LogP contribution in [0.4, 0.5) is 4.39 Å². The monoisotopic (exact) mass is 210 g/mol. The van der Waals surface area contributed by atoms with Gasteiger partial charge in [-0.3, -0.25) is 5.41 Å². The molecule has 0 aliphatic carbocycles. The third kappa shape index (κ3) is 2.07. The van der Waals surface area contributed by atoms with E-state index >= 15 is 0 Å². The summed E-state index contributed by atoms with van der Waals surface area (Å²) in [6.07, 6.45) is 0.195. The van der Waals surface area contributed by atoms with Crippen LogP contribution in [0.1, 0.15) is 11.1 Å². The molecular weight excluding hydrogens is 199 g/mol. The van der Waals surface area contributed by atoms with E-state index in [4.69, 9.17) is 20.6 Å². The summed E-state index contributed by atoms with van der Waals surface area (Å²) in [4.78, 5) is 0. The largest absolute Gasteiger partial charge is 0.467 e. The molecule has 3 N–H and O–H groups in total. The predicted molar refractivity (Wildman–Crippen MR) is 52.3 cm³/mol. The standard InChI is InChI=1S/C10H11FN2O2/c11-8-1-6(3-9(12)13)10-7(2-8)4-14-5-15-10/h1-2H,3-5H2,(H3,12,13). The molecule has 0 spiro atoms. The van der Waals surface area contributed by atoms with Gasteiger partial charge in [-0.05, 0) is 12.1 Å². The highest BCUT2D eigenvalue weighted by atomic mass is 19.1. The van der Waals surface area contributed by atoms with Gasteiger partial charge in [-0.2, -0.15) is 0 Å². The Morgan fingerprint density at radius 2 is 2.33 bits per heavy atom. The zero-order valence-corrected chi connectivity index (χ0v) is 8.05. The molecule has 1 aliphatic heterocycles. The van der Waals surface area contributed by atoms with E-state index in [1.54, 1.807) is 0 Å². The topological polar surface area (TPSA) is 68.3 Å². The van der Waals surface area contributed by atoms with Crippen LogP contribution in [0.25, 0.3) is 0 Å². The van der Waals surface area contributed by atoms with Crippen molar-refractivity contribution in [3.8, 4) is 5.75 Å². The van der Waals surface area contributed by atoms with Crippen LogP contribution in [0.5, 0.6) is 5.75 Å². The normalized spacial score (nSPS) is 14.2. The van der Waals surface area contributed by atoms with Gasteiger partial charge in [0, 0.05) is 17.5 Å². The van der Waals surface area contributed by atoms with E-state index in [1.807, 2.05) is 0 Å². The van der Waals surface area contributed by atoms with Crippen LogP contribution in [0.15, 0.2) is 12.1 Å². The van der Waals surface area contributed by atoms with Gasteiger partial charge in [0.05, 0.1) is 12.4 Å². The van der Waals surface area contributed by atoms with Gasteiger partial charge in [0.25, 0.3) is 0 Å². The average molecular weight is 210 g/mol. The van der Waals surface area contributed by atoms with E-state index in [0.29, 0.717) is 23.5 Å². The van der Waals surface area contributed by atoms with E-state index in [2.05, 4.69) is 0 Å². The van der Waals surface area contributed by atoms with E-state index in [1.165, 1.54) is 12.1 Å². The number of nitrogens with one attached hydrogen (secondary N) is 1. The lowest BCUT2D eigenvalue weighted by Gasteiger charge is -2.20. The van der Waals surface area contributed by atoms with Crippen LogP contribution in [-0.4, -0.2) is 12.6 Å². The zero-order valence-electron chi connectivity index (χ0n) is 8.05. The van der Waals surface area contributed by atoms with Crippen molar-refractivity contribution >= 4 is 5.84 Å². The van der Waals surface area contributed by atoms with E-state index < -0.39 is 0 Å². The second-order valence-electron chi connectivity index (χ2n) is 3.37. The minimum atomic E-state index is -0.362. The Bertz CT molecular complexity index is 407. The Morgan fingerprint density at radius 3 is 3.07 bits per heavy atom. The van der Waals surface area contributed by atoms with Crippen molar-refractivity contribution in [3.63, 3.8) is 0 Å². The number of fused-ring (bicyclic) bond motifs is 1. The molecule has 0 fully saturated rings. The number of halogens is 1. The molecule has 0 saturated heterocycles. The maximum absolute atomic E-state index is 13.2. The fourth-order valence-corrected chi connectivity index (χ4v) is 1.59. The first-order chi connectivity index (χ1) is 7.16. The maximum atomic E-state index is 13.2. The summed E-state index contributed by atoms with van der Waals surface area (Å²) in [5, 5.41) is 7.19. The van der Waals surface area contributed by atoms with E-state index in [-0.39, 0.29) is 24.9 Å². The summed E-state index contributed by atoms with van der Waals surface area (Å²) in [7, 11) is 0. The first-order valence-electron chi connectivity index (χ1n) is 4.51. The number of rotatable bonds is 2.